The number of aliphatic hydroxyl groups is 1. The molecule has 508 valence electrons. The Morgan fingerprint density at radius 1 is 0.279 bits per heavy atom. The molecule has 0 aliphatic rings. The van der Waals surface area contributed by atoms with Crippen molar-refractivity contribution in [2.45, 2.75) is 225 Å². The van der Waals surface area contributed by atoms with E-state index in [1.807, 2.05) is 0 Å². The lowest BCUT2D eigenvalue weighted by Gasteiger charge is -2.19. The van der Waals surface area contributed by atoms with Gasteiger partial charge in [0, 0.05) is 71.7 Å². The van der Waals surface area contributed by atoms with Gasteiger partial charge < -0.3 is 79.1 Å². The predicted molar refractivity (Wildman–Crippen MR) is 338 cm³/mol. The predicted octanol–water partition coefficient (Wildman–Crippen LogP) is 8.62. The maximum atomic E-state index is 13.3. The largest absolute Gasteiger partial charge is 0.394 e. The van der Waals surface area contributed by atoms with Crippen LogP contribution in [0.15, 0.2) is 0 Å². The highest BCUT2D eigenvalue weighted by atomic mass is 16.6. The van der Waals surface area contributed by atoms with Gasteiger partial charge in [-0.2, -0.15) is 0 Å². The summed E-state index contributed by atoms with van der Waals surface area (Å²) < 4.78 is 54.9. The molecule has 0 unspecified atom stereocenters. The zero-order chi connectivity index (χ0) is 62.4. The summed E-state index contributed by atoms with van der Waals surface area (Å²) in [5.74, 6) is -0.322. The molecule has 0 aliphatic heterocycles. The maximum Gasteiger partial charge on any atom is 0.242 e. The molecular formula is C65H127N5O16. The number of unbranched alkanes of at least 4 members (excludes halogenated alkanes) is 21. The molecule has 0 aliphatic carbocycles. The standard InChI is InChI=1S/C65H127N5O16/c1-3-5-7-9-11-13-15-17-19-21-23-31-61(72)66-35-26-25-30-60(70-64(75)32-24-22-20-18-16-14-12-10-8-6-4-2)65(76)69-38-29-42-79-48-53-83-52-47-78-41-28-37-68-63(74)34-44-81-50-55-85-57-59-86-58-56-84-54-49-80-43-33-62(73)67-36-27-40-77-46-51-82-45-39-71/h60,71H,3-59H2,1-2H3,(H,66,72)(H,67,73)(H,68,74)(H,69,76)(H,70,75)/t60-/m1/s1. The highest BCUT2D eigenvalue weighted by Crippen LogP contribution is 2.14. The highest BCUT2D eigenvalue weighted by Gasteiger charge is 2.20. The van der Waals surface area contributed by atoms with Crippen LogP contribution in [-0.4, -0.2) is 206 Å². The van der Waals surface area contributed by atoms with Crippen molar-refractivity contribution in [2.24, 2.45) is 0 Å². The van der Waals surface area contributed by atoms with Crippen LogP contribution in [-0.2, 0) is 71.3 Å². The summed E-state index contributed by atoms with van der Waals surface area (Å²) >= 11 is 0. The van der Waals surface area contributed by atoms with E-state index in [1.54, 1.807) is 0 Å². The molecule has 0 aromatic rings. The molecule has 5 amide bonds. The molecule has 0 aromatic carbocycles. The van der Waals surface area contributed by atoms with Crippen molar-refractivity contribution >= 4 is 29.5 Å². The van der Waals surface area contributed by atoms with Crippen molar-refractivity contribution in [1.82, 2.24) is 26.6 Å². The van der Waals surface area contributed by atoms with Crippen LogP contribution in [0.25, 0.3) is 0 Å². The second kappa shape index (κ2) is 71.0. The number of ether oxygens (including phenoxy) is 10. The van der Waals surface area contributed by atoms with Gasteiger partial charge in [0.2, 0.25) is 29.5 Å². The van der Waals surface area contributed by atoms with Crippen LogP contribution in [0.2, 0.25) is 0 Å². The van der Waals surface area contributed by atoms with Gasteiger partial charge in [0.1, 0.15) is 6.04 Å². The Hall–Kier alpha value is -3.09. The lowest BCUT2D eigenvalue weighted by molar-refractivity contribution is -0.129. The Morgan fingerprint density at radius 2 is 0.558 bits per heavy atom. The van der Waals surface area contributed by atoms with Gasteiger partial charge >= 0.3 is 0 Å². The molecular weight excluding hydrogens is 1110 g/mol. The summed E-state index contributed by atoms with van der Waals surface area (Å²) in [4.78, 5) is 62.7. The van der Waals surface area contributed by atoms with Crippen molar-refractivity contribution in [3.05, 3.63) is 0 Å². The lowest BCUT2D eigenvalue weighted by Crippen LogP contribution is -2.47. The molecule has 86 heavy (non-hydrogen) atoms. The van der Waals surface area contributed by atoms with E-state index in [0.29, 0.717) is 197 Å². The third-order valence-electron chi connectivity index (χ3n) is 14.0. The normalized spacial score (nSPS) is 11.7. The van der Waals surface area contributed by atoms with E-state index < -0.39 is 6.04 Å². The minimum atomic E-state index is -0.612. The number of hydrogen-bond acceptors (Lipinski definition) is 16. The van der Waals surface area contributed by atoms with Crippen molar-refractivity contribution in [3.8, 4) is 0 Å². The molecule has 0 fully saturated rings. The van der Waals surface area contributed by atoms with E-state index in [2.05, 4.69) is 40.4 Å². The Labute approximate surface area is 521 Å². The first-order chi connectivity index (χ1) is 42.3. The first-order valence-corrected chi connectivity index (χ1v) is 34.1. The van der Waals surface area contributed by atoms with Crippen molar-refractivity contribution < 1.29 is 76.4 Å². The molecule has 0 saturated heterocycles. The SMILES string of the molecule is CCCCCCCCCCCCCC(=O)NCCCC[C@@H](NC(=O)CCCCCCCCCCCCC)C(=O)NCCCOCCOCCOCCCNC(=O)CCOCCOCCOCCOCCOCCC(=O)NCCCOCCOCCO. The molecule has 0 spiro atoms. The third-order valence-corrected chi connectivity index (χ3v) is 14.0. The van der Waals surface area contributed by atoms with Gasteiger partial charge in [0.05, 0.1) is 119 Å². The molecule has 0 aromatic heterocycles. The topological polar surface area (TPSA) is 258 Å². The summed E-state index contributed by atoms with van der Waals surface area (Å²) in [5.41, 5.74) is 0. The molecule has 21 heteroatoms. The van der Waals surface area contributed by atoms with Crippen molar-refractivity contribution in [2.75, 3.05) is 165 Å². The number of amides is 5. The van der Waals surface area contributed by atoms with E-state index in [1.165, 1.54) is 109 Å². The minimum absolute atomic E-state index is 0.00167. The second-order valence-corrected chi connectivity index (χ2v) is 21.9. The molecule has 1 atom stereocenters. The number of nitrogens with one attached hydrogen (secondary N) is 5. The number of aliphatic hydroxyl groups excluding tert-OH is 1. The Balaban J connectivity index is 3.92. The molecule has 6 N–H and O–H groups in total. The van der Waals surface area contributed by atoms with Crippen molar-refractivity contribution in [1.29, 1.82) is 0 Å². The van der Waals surface area contributed by atoms with E-state index in [-0.39, 0.29) is 49.0 Å². The summed E-state index contributed by atoms with van der Waals surface area (Å²) in [6.45, 7) is 14.9. The molecule has 21 nitrogen and oxygen atoms in total. The van der Waals surface area contributed by atoms with Gasteiger partial charge in [-0.25, -0.2) is 0 Å². The number of rotatable bonds is 72. The number of carbonyl (C=O) groups is 5. The minimum Gasteiger partial charge on any atom is -0.394 e. The first-order valence-electron chi connectivity index (χ1n) is 34.1. The fourth-order valence-corrected chi connectivity index (χ4v) is 8.95. The number of carbonyl (C=O) groups excluding carboxylic acids is 5. The summed E-state index contributed by atoms with van der Waals surface area (Å²) in [6.07, 6.45) is 32.7. The Bertz CT molecular complexity index is 1480. The number of hydrogen-bond donors (Lipinski definition) is 6. The maximum absolute atomic E-state index is 13.3. The first kappa shape index (κ1) is 82.9. The quantitative estimate of drug-likeness (QED) is 0.0312. The Morgan fingerprint density at radius 3 is 0.919 bits per heavy atom. The van der Waals surface area contributed by atoms with Gasteiger partial charge in [-0.15, -0.1) is 0 Å². The molecule has 0 bridgehead atoms. The van der Waals surface area contributed by atoms with Gasteiger partial charge in [0.25, 0.3) is 0 Å². The summed E-state index contributed by atoms with van der Waals surface area (Å²) in [7, 11) is 0. The zero-order valence-corrected chi connectivity index (χ0v) is 54.5. The molecule has 0 radical (unpaired) electrons. The zero-order valence-electron chi connectivity index (χ0n) is 54.5. The smallest absolute Gasteiger partial charge is 0.242 e. The summed E-state index contributed by atoms with van der Waals surface area (Å²) in [5, 5.41) is 23.4. The van der Waals surface area contributed by atoms with Gasteiger partial charge in [0.15, 0.2) is 0 Å². The van der Waals surface area contributed by atoms with Crippen LogP contribution >= 0.6 is 0 Å². The van der Waals surface area contributed by atoms with Crippen molar-refractivity contribution in [3.63, 3.8) is 0 Å². The second-order valence-electron chi connectivity index (χ2n) is 21.9. The van der Waals surface area contributed by atoms with Crippen LogP contribution < -0.4 is 26.6 Å². The highest BCUT2D eigenvalue weighted by molar-refractivity contribution is 5.87. The third kappa shape index (κ3) is 66.9. The van der Waals surface area contributed by atoms with Crippen LogP contribution in [0.4, 0.5) is 0 Å². The molecule has 0 rings (SSSR count). The summed E-state index contributed by atoms with van der Waals surface area (Å²) in [6, 6.07) is -0.612. The monoisotopic (exact) mass is 1230 g/mol. The van der Waals surface area contributed by atoms with Gasteiger partial charge in [-0.05, 0) is 51.4 Å². The van der Waals surface area contributed by atoms with E-state index in [4.69, 9.17) is 52.5 Å². The van der Waals surface area contributed by atoms with Gasteiger partial charge in [-0.3, -0.25) is 24.0 Å². The average molecular weight is 1230 g/mol. The average Bonchev–Trinajstić information content (AvgIpc) is 3.63. The van der Waals surface area contributed by atoms with E-state index >= 15 is 0 Å². The lowest BCUT2D eigenvalue weighted by atomic mass is 10.0. The van der Waals surface area contributed by atoms with Crippen LogP contribution in [0.3, 0.4) is 0 Å². The fraction of sp³-hybridized carbons (Fsp3) is 0.923. The van der Waals surface area contributed by atoms with Crippen LogP contribution in [0, 0.1) is 0 Å². The van der Waals surface area contributed by atoms with Crippen LogP contribution in [0.1, 0.15) is 219 Å². The fourth-order valence-electron chi connectivity index (χ4n) is 8.95. The molecule has 0 heterocycles. The van der Waals surface area contributed by atoms with E-state index in [0.717, 1.165) is 44.9 Å². The van der Waals surface area contributed by atoms with Gasteiger partial charge in [-0.1, -0.05) is 142 Å². The van der Waals surface area contributed by atoms with Crippen LogP contribution in [0.5, 0.6) is 0 Å². The van der Waals surface area contributed by atoms with E-state index in [9.17, 15) is 24.0 Å². The molecule has 0 saturated carbocycles. The Kier molecular flexibility index (Phi) is 68.4.